The van der Waals surface area contributed by atoms with Crippen LogP contribution in [0.25, 0.3) is 55.4 Å². The molecule has 0 bridgehead atoms. The SMILES string of the molecule is Cc1ccc2c(oc3c(C#N)c(-c4ccc(-c5ccccc5)cc4)ccc32)c1-c1cc(F)cc[n+]1C. The molecule has 4 aromatic carbocycles. The molecule has 6 rings (SSSR count). The van der Waals surface area contributed by atoms with Crippen LogP contribution in [0.2, 0.25) is 0 Å². The monoisotopic (exact) mass is 469 g/mol. The molecule has 0 N–H and O–H groups in total. The lowest BCUT2D eigenvalue weighted by atomic mass is 9.95. The number of hydrogen-bond donors (Lipinski definition) is 0. The molecule has 0 saturated heterocycles. The summed E-state index contributed by atoms with van der Waals surface area (Å²) in [6.45, 7) is 1.98. The molecular weight excluding hydrogens is 447 g/mol. The molecule has 2 heterocycles. The Labute approximate surface area is 208 Å². The van der Waals surface area contributed by atoms with Crippen molar-refractivity contribution in [1.29, 1.82) is 5.26 Å². The van der Waals surface area contributed by atoms with E-state index >= 15 is 0 Å². The summed E-state index contributed by atoms with van der Waals surface area (Å²) in [5.74, 6) is -0.311. The largest absolute Gasteiger partial charge is 0.454 e. The molecule has 0 aliphatic heterocycles. The third-order valence-corrected chi connectivity index (χ3v) is 6.80. The Kier molecular flexibility index (Phi) is 5.13. The Hall–Kier alpha value is -4.75. The summed E-state index contributed by atoms with van der Waals surface area (Å²) in [4.78, 5) is 0. The highest BCUT2D eigenvalue weighted by Crippen LogP contribution is 2.40. The minimum absolute atomic E-state index is 0.311. The molecule has 36 heavy (non-hydrogen) atoms. The highest BCUT2D eigenvalue weighted by atomic mass is 19.1. The first-order valence-electron chi connectivity index (χ1n) is 11.8. The summed E-state index contributed by atoms with van der Waals surface area (Å²) >= 11 is 0. The van der Waals surface area contributed by atoms with E-state index in [4.69, 9.17) is 4.42 Å². The van der Waals surface area contributed by atoms with E-state index in [1.54, 1.807) is 6.20 Å². The predicted molar refractivity (Wildman–Crippen MR) is 141 cm³/mol. The van der Waals surface area contributed by atoms with E-state index in [1.807, 2.05) is 73.1 Å². The Balaban J connectivity index is 1.55. The number of furan rings is 1. The minimum atomic E-state index is -0.311. The molecule has 0 aliphatic carbocycles. The van der Waals surface area contributed by atoms with Gasteiger partial charge in [-0.05, 0) is 35.2 Å². The zero-order valence-corrected chi connectivity index (χ0v) is 19.9. The highest BCUT2D eigenvalue weighted by molar-refractivity contribution is 6.12. The first-order chi connectivity index (χ1) is 17.5. The fourth-order valence-corrected chi connectivity index (χ4v) is 4.94. The summed E-state index contributed by atoms with van der Waals surface area (Å²) in [6.07, 6.45) is 1.70. The van der Waals surface area contributed by atoms with Crippen LogP contribution in [0.3, 0.4) is 0 Å². The second-order valence-electron chi connectivity index (χ2n) is 9.00. The average Bonchev–Trinajstić information content (AvgIpc) is 3.29. The van der Waals surface area contributed by atoms with Crippen LogP contribution in [-0.4, -0.2) is 0 Å². The van der Waals surface area contributed by atoms with Crippen LogP contribution in [0.1, 0.15) is 11.1 Å². The molecule has 0 amide bonds. The van der Waals surface area contributed by atoms with Crippen LogP contribution < -0.4 is 4.57 Å². The van der Waals surface area contributed by atoms with Gasteiger partial charge in [0.15, 0.2) is 11.8 Å². The van der Waals surface area contributed by atoms with Crippen molar-refractivity contribution < 1.29 is 13.4 Å². The molecule has 0 fully saturated rings. The van der Waals surface area contributed by atoms with Crippen molar-refractivity contribution in [2.45, 2.75) is 6.92 Å². The number of nitrogens with zero attached hydrogens (tertiary/aromatic N) is 2. The number of rotatable bonds is 3. The van der Waals surface area contributed by atoms with Crippen molar-refractivity contribution in [2.75, 3.05) is 0 Å². The Morgan fingerprint density at radius 2 is 1.44 bits per heavy atom. The maximum atomic E-state index is 14.2. The average molecular weight is 470 g/mol. The molecule has 2 aromatic heterocycles. The van der Waals surface area contributed by atoms with Crippen LogP contribution in [0.5, 0.6) is 0 Å². The molecule has 0 unspecified atom stereocenters. The molecular formula is C32H22FN2O+. The number of benzene rings is 4. The smallest absolute Gasteiger partial charge is 0.219 e. The van der Waals surface area contributed by atoms with E-state index in [-0.39, 0.29) is 5.82 Å². The quantitative estimate of drug-likeness (QED) is 0.249. The number of halogens is 1. The fraction of sp³-hybridized carbons (Fsp3) is 0.0625. The lowest BCUT2D eigenvalue weighted by Gasteiger charge is -2.07. The summed E-state index contributed by atoms with van der Waals surface area (Å²) in [7, 11) is 1.88. The topological polar surface area (TPSA) is 40.8 Å². The van der Waals surface area contributed by atoms with Gasteiger partial charge in [0.1, 0.15) is 30.1 Å². The third kappa shape index (κ3) is 3.45. The zero-order valence-electron chi connectivity index (χ0n) is 19.9. The Bertz CT molecular complexity index is 1810. The molecule has 172 valence electrons. The summed E-state index contributed by atoms with van der Waals surface area (Å²) < 4.78 is 22.5. The van der Waals surface area contributed by atoms with E-state index in [0.29, 0.717) is 22.4 Å². The van der Waals surface area contributed by atoms with Gasteiger partial charge in [-0.2, -0.15) is 5.26 Å². The van der Waals surface area contributed by atoms with E-state index in [0.717, 1.165) is 44.2 Å². The number of aryl methyl sites for hydroxylation is 2. The van der Waals surface area contributed by atoms with Gasteiger partial charge in [0, 0.05) is 28.5 Å². The van der Waals surface area contributed by atoms with Crippen LogP contribution >= 0.6 is 0 Å². The van der Waals surface area contributed by atoms with Gasteiger partial charge in [-0.3, -0.25) is 0 Å². The van der Waals surface area contributed by atoms with Crippen LogP contribution in [0, 0.1) is 24.1 Å². The van der Waals surface area contributed by atoms with Gasteiger partial charge in [0.2, 0.25) is 5.69 Å². The highest BCUT2D eigenvalue weighted by Gasteiger charge is 2.23. The van der Waals surface area contributed by atoms with E-state index in [1.165, 1.54) is 12.1 Å². The maximum absolute atomic E-state index is 14.2. The second kappa shape index (κ2) is 8.48. The van der Waals surface area contributed by atoms with Gasteiger partial charge in [0.25, 0.3) is 0 Å². The Morgan fingerprint density at radius 1 is 0.778 bits per heavy atom. The van der Waals surface area contributed by atoms with Crippen molar-refractivity contribution in [3.8, 4) is 39.6 Å². The molecule has 0 atom stereocenters. The fourth-order valence-electron chi connectivity index (χ4n) is 4.94. The minimum Gasteiger partial charge on any atom is -0.454 e. The number of aromatic nitrogens is 1. The molecule has 6 aromatic rings. The zero-order chi connectivity index (χ0) is 24.8. The molecule has 0 aliphatic rings. The first-order valence-corrected chi connectivity index (χ1v) is 11.8. The molecule has 4 heteroatoms. The summed E-state index contributed by atoms with van der Waals surface area (Å²) in [5, 5.41) is 12.0. The Morgan fingerprint density at radius 3 is 2.19 bits per heavy atom. The summed E-state index contributed by atoms with van der Waals surface area (Å²) in [5.41, 5.74) is 8.22. The number of fused-ring (bicyclic) bond motifs is 3. The van der Waals surface area contributed by atoms with E-state index in [2.05, 4.69) is 30.3 Å². The van der Waals surface area contributed by atoms with Crippen LogP contribution in [-0.2, 0) is 7.05 Å². The lowest BCUT2D eigenvalue weighted by molar-refractivity contribution is -0.660. The third-order valence-electron chi connectivity index (χ3n) is 6.80. The second-order valence-corrected chi connectivity index (χ2v) is 9.00. The van der Waals surface area contributed by atoms with Crippen molar-refractivity contribution in [3.63, 3.8) is 0 Å². The number of hydrogen-bond acceptors (Lipinski definition) is 2. The summed E-state index contributed by atoms with van der Waals surface area (Å²) in [6, 6.07) is 31.7. The molecule has 0 saturated carbocycles. The van der Waals surface area contributed by atoms with Crippen molar-refractivity contribution in [3.05, 3.63) is 114 Å². The van der Waals surface area contributed by atoms with Gasteiger partial charge in [-0.1, -0.05) is 72.8 Å². The van der Waals surface area contributed by atoms with Crippen LogP contribution in [0.4, 0.5) is 4.39 Å². The van der Waals surface area contributed by atoms with Gasteiger partial charge < -0.3 is 4.42 Å². The first kappa shape index (κ1) is 21.8. The van der Waals surface area contributed by atoms with Gasteiger partial charge in [-0.15, -0.1) is 0 Å². The normalized spacial score (nSPS) is 11.2. The van der Waals surface area contributed by atoms with Crippen molar-refractivity contribution in [2.24, 2.45) is 7.05 Å². The van der Waals surface area contributed by atoms with Crippen molar-refractivity contribution in [1.82, 2.24) is 0 Å². The van der Waals surface area contributed by atoms with Crippen molar-refractivity contribution >= 4 is 21.9 Å². The molecule has 0 radical (unpaired) electrons. The maximum Gasteiger partial charge on any atom is 0.219 e. The van der Waals surface area contributed by atoms with E-state index in [9.17, 15) is 9.65 Å². The molecule has 3 nitrogen and oxygen atoms in total. The van der Waals surface area contributed by atoms with Gasteiger partial charge in [-0.25, -0.2) is 8.96 Å². The van der Waals surface area contributed by atoms with E-state index < -0.39 is 0 Å². The number of pyridine rings is 1. The van der Waals surface area contributed by atoms with Gasteiger partial charge >= 0.3 is 0 Å². The predicted octanol–water partition coefficient (Wildman–Crippen LogP) is 7.73. The van der Waals surface area contributed by atoms with Gasteiger partial charge in [0.05, 0.1) is 5.56 Å². The lowest BCUT2D eigenvalue weighted by Crippen LogP contribution is -2.30. The number of nitriles is 1. The standard InChI is InChI=1S/C32H22FN2O/c1-20-8-13-27-26-15-14-25(23-11-9-22(10-12-23)21-6-4-3-5-7-21)28(19-34)31(26)36-32(27)30(20)29-18-24(33)16-17-35(29)2/h3-18H,1-2H3/q+1. The molecule has 0 spiro atoms. The van der Waals surface area contributed by atoms with Crippen LogP contribution in [0.15, 0.2) is 102 Å².